The predicted molar refractivity (Wildman–Crippen MR) is 84.3 cm³/mol. The smallest absolute Gasteiger partial charge is 0.140 e. The summed E-state index contributed by atoms with van der Waals surface area (Å²) in [4.78, 5) is 0. The summed E-state index contributed by atoms with van der Waals surface area (Å²) in [6.45, 7) is 3.88. The number of rotatable bonds is 2. The summed E-state index contributed by atoms with van der Waals surface area (Å²) in [6, 6.07) is 11.3. The van der Waals surface area contributed by atoms with E-state index >= 15 is 0 Å². The normalized spacial score (nSPS) is 10.0. The van der Waals surface area contributed by atoms with Gasteiger partial charge in [-0.2, -0.15) is 5.26 Å². The predicted octanol–water partition coefficient (Wildman–Crippen LogP) is 4.15. The maximum absolute atomic E-state index is 8.94. The van der Waals surface area contributed by atoms with Crippen molar-refractivity contribution in [2.75, 3.05) is 5.73 Å². The maximum atomic E-state index is 8.94. The second kappa shape index (κ2) is 5.49. The molecule has 19 heavy (non-hydrogen) atoms. The van der Waals surface area contributed by atoms with Crippen LogP contribution in [0.2, 0.25) is 0 Å². The highest BCUT2D eigenvalue weighted by molar-refractivity contribution is 14.1. The van der Waals surface area contributed by atoms with Gasteiger partial charge in [-0.15, -0.1) is 0 Å². The minimum absolute atomic E-state index is 0.648. The van der Waals surface area contributed by atoms with Gasteiger partial charge in [0.1, 0.15) is 11.5 Å². The standard InChI is InChI=1S/C15H13IN2O/c1-9-5-11(8-17)6-10(2)15(9)19-14-4-3-12(18)7-13(14)16/h3-7H,18H2,1-2H3. The van der Waals surface area contributed by atoms with Crippen LogP contribution in [0.1, 0.15) is 16.7 Å². The Hall–Kier alpha value is -1.74. The van der Waals surface area contributed by atoms with Crippen LogP contribution in [0.4, 0.5) is 5.69 Å². The number of anilines is 1. The van der Waals surface area contributed by atoms with Gasteiger partial charge in [-0.25, -0.2) is 0 Å². The Morgan fingerprint density at radius 1 is 1.16 bits per heavy atom. The van der Waals surface area contributed by atoms with Crippen LogP contribution in [-0.4, -0.2) is 0 Å². The summed E-state index contributed by atoms with van der Waals surface area (Å²) in [7, 11) is 0. The number of benzene rings is 2. The van der Waals surface area contributed by atoms with Gasteiger partial charge < -0.3 is 10.5 Å². The number of hydrogen-bond acceptors (Lipinski definition) is 3. The lowest BCUT2D eigenvalue weighted by Gasteiger charge is -2.13. The molecule has 2 aromatic carbocycles. The molecule has 0 atom stereocenters. The van der Waals surface area contributed by atoms with Crippen LogP contribution in [0.3, 0.4) is 0 Å². The Kier molecular flexibility index (Phi) is 3.96. The molecule has 4 heteroatoms. The highest BCUT2D eigenvalue weighted by Gasteiger charge is 2.09. The van der Waals surface area contributed by atoms with Crippen LogP contribution >= 0.6 is 22.6 Å². The monoisotopic (exact) mass is 364 g/mol. The first-order chi connectivity index (χ1) is 9.01. The van der Waals surface area contributed by atoms with Gasteiger partial charge in [0.15, 0.2) is 0 Å². The van der Waals surface area contributed by atoms with Crippen molar-refractivity contribution in [1.29, 1.82) is 5.26 Å². The van der Waals surface area contributed by atoms with Crippen molar-refractivity contribution in [2.24, 2.45) is 0 Å². The molecule has 3 nitrogen and oxygen atoms in total. The van der Waals surface area contributed by atoms with Gasteiger partial charge >= 0.3 is 0 Å². The zero-order chi connectivity index (χ0) is 14.0. The first-order valence-corrected chi connectivity index (χ1v) is 6.83. The number of nitrogen functional groups attached to an aromatic ring is 1. The molecule has 0 heterocycles. The van der Waals surface area contributed by atoms with Crippen molar-refractivity contribution >= 4 is 28.3 Å². The summed E-state index contributed by atoms with van der Waals surface area (Å²) < 4.78 is 6.91. The minimum Gasteiger partial charge on any atom is -0.456 e. The number of hydrogen-bond donors (Lipinski definition) is 1. The summed E-state index contributed by atoms with van der Waals surface area (Å²) >= 11 is 2.19. The van der Waals surface area contributed by atoms with Crippen LogP contribution in [0, 0.1) is 28.7 Å². The molecule has 0 saturated heterocycles. The van der Waals surface area contributed by atoms with Crippen LogP contribution < -0.4 is 10.5 Å². The average molecular weight is 364 g/mol. The lowest BCUT2D eigenvalue weighted by atomic mass is 10.1. The van der Waals surface area contributed by atoms with E-state index in [1.54, 1.807) is 0 Å². The summed E-state index contributed by atoms with van der Waals surface area (Å²) in [6.07, 6.45) is 0. The number of nitrogens with zero attached hydrogens (tertiary/aromatic N) is 1. The molecular formula is C15H13IN2O. The van der Waals surface area contributed by atoms with Gasteiger partial charge in [-0.1, -0.05) is 0 Å². The molecule has 0 spiro atoms. The van der Waals surface area contributed by atoms with E-state index in [9.17, 15) is 0 Å². The van der Waals surface area contributed by atoms with E-state index in [0.717, 1.165) is 26.2 Å². The minimum atomic E-state index is 0.648. The topological polar surface area (TPSA) is 59.0 Å². The Labute approximate surface area is 126 Å². The van der Waals surface area contributed by atoms with Crippen molar-refractivity contribution in [3.05, 3.63) is 50.6 Å². The molecule has 2 aromatic rings. The Balaban J connectivity index is 2.41. The van der Waals surface area contributed by atoms with E-state index in [-0.39, 0.29) is 0 Å². The zero-order valence-corrected chi connectivity index (χ0v) is 12.9. The zero-order valence-electron chi connectivity index (χ0n) is 10.7. The largest absolute Gasteiger partial charge is 0.456 e. The van der Waals surface area contributed by atoms with Crippen molar-refractivity contribution < 1.29 is 4.74 Å². The molecule has 0 saturated carbocycles. The van der Waals surface area contributed by atoms with E-state index in [4.69, 9.17) is 15.7 Å². The third-order valence-corrected chi connectivity index (χ3v) is 3.60. The van der Waals surface area contributed by atoms with Crippen LogP contribution in [0.15, 0.2) is 30.3 Å². The summed E-state index contributed by atoms with van der Waals surface area (Å²) in [5, 5.41) is 8.94. The third-order valence-electron chi connectivity index (χ3n) is 2.76. The van der Waals surface area contributed by atoms with E-state index < -0.39 is 0 Å². The molecule has 0 fully saturated rings. The quantitative estimate of drug-likeness (QED) is 0.643. The second-order valence-electron chi connectivity index (χ2n) is 4.34. The summed E-state index contributed by atoms with van der Waals surface area (Å²) in [5.74, 6) is 1.56. The van der Waals surface area contributed by atoms with Crippen molar-refractivity contribution in [3.8, 4) is 17.6 Å². The molecule has 0 aliphatic heterocycles. The molecule has 0 radical (unpaired) electrons. The van der Waals surface area contributed by atoms with Crippen molar-refractivity contribution in [3.63, 3.8) is 0 Å². The Morgan fingerprint density at radius 2 is 1.79 bits per heavy atom. The molecule has 0 aliphatic rings. The van der Waals surface area contributed by atoms with E-state index in [0.29, 0.717) is 11.3 Å². The van der Waals surface area contributed by atoms with Gasteiger partial charge in [0, 0.05) is 5.69 Å². The molecule has 0 aliphatic carbocycles. The van der Waals surface area contributed by atoms with Crippen molar-refractivity contribution in [1.82, 2.24) is 0 Å². The molecule has 0 aromatic heterocycles. The van der Waals surface area contributed by atoms with Crippen LogP contribution in [-0.2, 0) is 0 Å². The fourth-order valence-electron chi connectivity index (χ4n) is 1.89. The van der Waals surface area contributed by atoms with Crippen LogP contribution in [0.5, 0.6) is 11.5 Å². The Morgan fingerprint density at radius 3 is 2.32 bits per heavy atom. The molecular weight excluding hydrogens is 351 g/mol. The Bertz CT molecular complexity index is 651. The molecule has 0 unspecified atom stereocenters. The van der Waals surface area contributed by atoms with Crippen molar-refractivity contribution in [2.45, 2.75) is 13.8 Å². The molecule has 96 valence electrons. The van der Waals surface area contributed by atoms with Gasteiger partial charge in [-0.05, 0) is 77.9 Å². The lowest BCUT2D eigenvalue weighted by molar-refractivity contribution is 0.472. The number of nitrogens with two attached hydrogens (primary N) is 1. The highest BCUT2D eigenvalue weighted by atomic mass is 127. The lowest BCUT2D eigenvalue weighted by Crippen LogP contribution is -1.95. The number of aryl methyl sites for hydroxylation is 2. The third kappa shape index (κ3) is 2.99. The average Bonchev–Trinajstić information content (AvgIpc) is 2.35. The molecule has 2 rings (SSSR count). The highest BCUT2D eigenvalue weighted by Crippen LogP contribution is 2.33. The SMILES string of the molecule is Cc1cc(C#N)cc(C)c1Oc1ccc(N)cc1I. The van der Waals surface area contributed by atoms with Gasteiger partial charge in [0.2, 0.25) is 0 Å². The number of ether oxygens (including phenoxy) is 1. The van der Waals surface area contributed by atoms with E-state index in [1.807, 2.05) is 44.2 Å². The summed E-state index contributed by atoms with van der Waals surface area (Å²) in [5.41, 5.74) is 8.98. The van der Waals surface area contributed by atoms with E-state index in [2.05, 4.69) is 28.7 Å². The fraction of sp³-hybridized carbons (Fsp3) is 0.133. The molecule has 2 N–H and O–H groups in total. The second-order valence-corrected chi connectivity index (χ2v) is 5.51. The van der Waals surface area contributed by atoms with E-state index in [1.165, 1.54) is 0 Å². The first-order valence-electron chi connectivity index (χ1n) is 5.75. The van der Waals surface area contributed by atoms with Crippen LogP contribution in [0.25, 0.3) is 0 Å². The number of nitriles is 1. The fourth-order valence-corrected chi connectivity index (χ4v) is 2.54. The van der Waals surface area contributed by atoms with Gasteiger partial charge in [-0.3, -0.25) is 0 Å². The maximum Gasteiger partial charge on any atom is 0.140 e. The number of halogens is 1. The van der Waals surface area contributed by atoms with Gasteiger partial charge in [0.25, 0.3) is 0 Å². The first kappa shape index (κ1) is 13.7. The molecule has 0 amide bonds. The van der Waals surface area contributed by atoms with Gasteiger partial charge in [0.05, 0.1) is 15.2 Å². The molecule has 0 bridgehead atoms.